The van der Waals surface area contributed by atoms with Crippen molar-refractivity contribution < 1.29 is 14.7 Å². The molecule has 0 fully saturated rings. The molecule has 2 heterocycles. The Kier molecular flexibility index (Phi) is 8.19. The van der Waals surface area contributed by atoms with Gasteiger partial charge in [-0.25, -0.2) is 9.48 Å². The highest BCUT2D eigenvalue weighted by molar-refractivity contribution is 6.39. The summed E-state index contributed by atoms with van der Waals surface area (Å²) in [4.78, 5) is 29.0. The van der Waals surface area contributed by atoms with Crippen molar-refractivity contribution in [2.75, 3.05) is 0 Å². The minimum absolute atomic E-state index is 0.0386. The summed E-state index contributed by atoms with van der Waals surface area (Å²) in [5.41, 5.74) is 5.27. The van der Waals surface area contributed by atoms with Gasteiger partial charge in [0.25, 0.3) is 5.91 Å². The van der Waals surface area contributed by atoms with Gasteiger partial charge in [0.15, 0.2) is 0 Å². The quantitative estimate of drug-likeness (QED) is 0.236. The van der Waals surface area contributed by atoms with Crippen LogP contribution in [-0.2, 0) is 17.6 Å². The number of carboxylic acids is 1. The number of carbonyl (C=O) groups is 2. The molecule has 2 aromatic heterocycles. The Hall–Kier alpha value is -4.53. The molecule has 40 heavy (non-hydrogen) atoms. The van der Waals surface area contributed by atoms with Gasteiger partial charge < -0.3 is 10.4 Å². The zero-order valence-corrected chi connectivity index (χ0v) is 22.5. The van der Waals surface area contributed by atoms with Crippen molar-refractivity contribution in [1.29, 1.82) is 0 Å². The number of pyridine rings is 1. The first-order chi connectivity index (χ1) is 19.4. The second-order valence-corrected chi connectivity index (χ2v) is 9.89. The predicted octanol–water partition coefficient (Wildman–Crippen LogP) is 5.65. The van der Waals surface area contributed by atoms with Crippen molar-refractivity contribution in [2.24, 2.45) is 0 Å². The van der Waals surface area contributed by atoms with E-state index in [0.29, 0.717) is 12.0 Å². The molecule has 10 heteroatoms. The molecule has 0 aliphatic carbocycles. The van der Waals surface area contributed by atoms with Crippen molar-refractivity contribution in [3.8, 4) is 16.9 Å². The fourth-order valence-corrected chi connectivity index (χ4v) is 4.81. The largest absolute Gasteiger partial charge is 0.480 e. The molecule has 5 aromatic rings. The molecule has 2 N–H and O–H groups in total. The summed E-state index contributed by atoms with van der Waals surface area (Å²) in [6.45, 7) is 0. The minimum atomic E-state index is -1.18. The SMILES string of the molecule is O=C(N[C@@H](Cc1ccc(-n2cc(-c3cccc(Cc4ccccn4)c3)nn2)cc1)C(=O)O)c1c(Cl)cccc1Cl. The van der Waals surface area contributed by atoms with Gasteiger partial charge in [0.05, 0.1) is 27.5 Å². The van der Waals surface area contributed by atoms with Crippen LogP contribution >= 0.6 is 23.2 Å². The van der Waals surface area contributed by atoms with Gasteiger partial charge in [-0.15, -0.1) is 5.10 Å². The van der Waals surface area contributed by atoms with E-state index in [1.54, 1.807) is 29.1 Å². The highest BCUT2D eigenvalue weighted by Crippen LogP contribution is 2.25. The molecule has 0 aliphatic rings. The average molecular weight is 572 g/mol. The van der Waals surface area contributed by atoms with E-state index in [2.05, 4.69) is 32.7 Å². The molecular formula is C30H23Cl2N5O3. The fraction of sp³-hybridized carbons (Fsp3) is 0.100. The summed E-state index contributed by atoms with van der Waals surface area (Å²) in [7, 11) is 0. The Morgan fingerprint density at radius 3 is 2.35 bits per heavy atom. The van der Waals surface area contributed by atoms with Crippen LogP contribution in [0.3, 0.4) is 0 Å². The van der Waals surface area contributed by atoms with Crippen LogP contribution in [0.15, 0.2) is 97.3 Å². The molecule has 0 saturated carbocycles. The van der Waals surface area contributed by atoms with Crippen molar-refractivity contribution in [2.45, 2.75) is 18.9 Å². The average Bonchev–Trinajstić information content (AvgIpc) is 3.44. The van der Waals surface area contributed by atoms with E-state index in [4.69, 9.17) is 23.2 Å². The molecule has 200 valence electrons. The van der Waals surface area contributed by atoms with Crippen LogP contribution in [0.4, 0.5) is 0 Å². The Balaban J connectivity index is 1.27. The Labute approximate surface area is 240 Å². The first kappa shape index (κ1) is 27.1. The molecule has 1 amide bonds. The Morgan fingerprint density at radius 2 is 1.65 bits per heavy atom. The van der Waals surface area contributed by atoms with Gasteiger partial charge in [0.2, 0.25) is 0 Å². The normalized spacial score (nSPS) is 11.7. The lowest BCUT2D eigenvalue weighted by Crippen LogP contribution is -2.42. The zero-order valence-electron chi connectivity index (χ0n) is 21.0. The number of aromatic nitrogens is 4. The number of aliphatic carboxylic acids is 1. The third kappa shape index (κ3) is 6.36. The number of carboxylic acid groups (broad SMARTS) is 1. The summed E-state index contributed by atoms with van der Waals surface area (Å²) in [5.74, 6) is -1.83. The Morgan fingerprint density at radius 1 is 0.900 bits per heavy atom. The molecular weight excluding hydrogens is 549 g/mol. The molecule has 0 saturated heterocycles. The minimum Gasteiger partial charge on any atom is -0.480 e. The predicted molar refractivity (Wildman–Crippen MR) is 153 cm³/mol. The molecule has 5 rings (SSSR count). The first-order valence-corrected chi connectivity index (χ1v) is 13.1. The third-order valence-corrected chi connectivity index (χ3v) is 6.89. The van der Waals surface area contributed by atoms with Gasteiger partial charge in [-0.3, -0.25) is 9.78 Å². The molecule has 0 radical (unpaired) electrons. The van der Waals surface area contributed by atoms with Crippen LogP contribution in [0.25, 0.3) is 16.9 Å². The summed E-state index contributed by atoms with van der Waals surface area (Å²) in [6, 6.07) is 24.6. The number of rotatable bonds is 9. The number of nitrogens with zero attached hydrogens (tertiary/aromatic N) is 4. The lowest BCUT2D eigenvalue weighted by atomic mass is 10.0. The van der Waals surface area contributed by atoms with E-state index in [9.17, 15) is 14.7 Å². The summed E-state index contributed by atoms with van der Waals surface area (Å²) in [6.07, 6.45) is 4.40. The number of nitrogens with one attached hydrogen (secondary N) is 1. The second kappa shape index (κ2) is 12.1. The topological polar surface area (TPSA) is 110 Å². The maximum atomic E-state index is 12.7. The van der Waals surface area contributed by atoms with Crippen LogP contribution in [0.1, 0.15) is 27.2 Å². The molecule has 8 nitrogen and oxygen atoms in total. The number of amides is 1. The molecule has 0 aliphatic heterocycles. The number of hydrogen-bond acceptors (Lipinski definition) is 5. The first-order valence-electron chi connectivity index (χ1n) is 12.4. The van der Waals surface area contributed by atoms with E-state index in [1.165, 1.54) is 12.1 Å². The maximum Gasteiger partial charge on any atom is 0.326 e. The molecule has 3 aromatic carbocycles. The van der Waals surface area contributed by atoms with Gasteiger partial charge in [0.1, 0.15) is 11.7 Å². The number of hydrogen-bond donors (Lipinski definition) is 2. The monoisotopic (exact) mass is 571 g/mol. The van der Waals surface area contributed by atoms with Gasteiger partial charge in [-0.2, -0.15) is 0 Å². The number of halogens is 2. The molecule has 0 unspecified atom stereocenters. The Bertz CT molecular complexity index is 1640. The van der Waals surface area contributed by atoms with E-state index >= 15 is 0 Å². The van der Waals surface area contributed by atoms with Crippen LogP contribution in [-0.4, -0.2) is 43.0 Å². The van der Waals surface area contributed by atoms with Crippen molar-refractivity contribution in [3.63, 3.8) is 0 Å². The summed E-state index contributed by atoms with van der Waals surface area (Å²) >= 11 is 12.2. The number of carbonyl (C=O) groups excluding carboxylic acids is 1. The third-order valence-electron chi connectivity index (χ3n) is 6.26. The van der Waals surface area contributed by atoms with E-state index in [1.807, 2.05) is 48.7 Å². The fourth-order valence-electron chi connectivity index (χ4n) is 4.24. The lowest BCUT2D eigenvalue weighted by Gasteiger charge is -2.16. The highest BCUT2D eigenvalue weighted by atomic mass is 35.5. The summed E-state index contributed by atoms with van der Waals surface area (Å²) in [5, 5.41) is 21.1. The van der Waals surface area contributed by atoms with Crippen LogP contribution < -0.4 is 5.32 Å². The zero-order chi connectivity index (χ0) is 28.1. The smallest absolute Gasteiger partial charge is 0.326 e. The van der Waals surface area contributed by atoms with E-state index < -0.39 is 17.9 Å². The van der Waals surface area contributed by atoms with Crippen LogP contribution in [0.5, 0.6) is 0 Å². The van der Waals surface area contributed by atoms with Crippen molar-refractivity contribution in [3.05, 3.63) is 130 Å². The maximum absolute atomic E-state index is 12.7. The molecule has 0 bridgehead atoms. The van der Waals surface area contributed by atoms with Crippen molar-refractivity contribution >= 4 is 35.1 Å². The standard InChI is InChI=1S/C30H23Cl2N5O3/c31-24-8-4-9-25(32)28(24)29(38)34-26(30(39)40)17-19-10-12-23(13-11-19)37-18-27(35-36-37)21-6-3-5-20(15-21)16-22-7-1-2-14-33-22/h1-15,18,26H,16-17H2,(H,34,38)(H,39,40)/t26-/m0/s1. The molecule has 1 atom stereocenters. The lowest BCUT2D eigenvalue weighted by molar-refractivity contribution is -0.139. The van der Waals surface area contributed by atoms with Crippen molar-refractivity contribution in [1.82, 2.24) is 25.3 Å². The van der Waals surface area contributed by atoms with Gasteiger partial charge in [0, 0.05) is 30.3 Å². The molecule has 0 spiro atoms. The second-order valence-electron chi connectivity index (χ2n) is 9.08. The van der Waals surface area contributed by atoms with Gasteiger partial charge >= 0.3 is 5.97 Å². The van der Waals surface area contributed by atoms with E-state index in [0.717, 1.165) is 28.2 Å². The van der Waals surface area contributed by atoms with Gasteiger partial charge in [-0.05, 0) is 53.6 Å². The highest BCUT2D eigenvalue weighted by Gasteiger charge is 2.24. The van der Waals surface area contributed by atoms with E-state index in [-0.39, 0.29) is 22.0 Å². The van der Waals surface area contributed by atoms with Crippen LogP contribution in [0.2, 0.25) is 10.0 Å². The van der Waals surface area contributed by atoms with Gasteiger partial charge in [-0.1, -0.05) is 70.9 Å². The van der Waals surface area contributed by atoms with Crippen LogP contribution in [0, 0.1) is 0 Å². The number of benzene rings is 3. The summed E-state index contributed by atoms with van der Waals surface area (Å²) < 4.78 is 1.65.